The number of carbonyl (C=O) groups excluding carboxylic acids is 1. The van der Waals surface area contributed by atoms with Gasteiger partial charge in [-0.05, 0) is 48.3 Å². The van der Waals surface area contributed by atoms with Crippen molar-refractivity contribution in [2.24, 2.45) is 22.9 Å². The Kier molecular flexibility index (Phi) is 5.33. The number of rotatable bonds is 6. The number of fused-ring (bicyclic) bond motifs is 2. The van der Waals surface area contributed by atoms with E-state index in [1.807, 2.05) is 18.2 Å². The first kappa shape index (κ1) is 18.5. The van der Waals surface area contributed by atoms with Gasteiger partial charge in [-0.2, -0.15) is 5.10 Å². The molecule has 2 aromatic rings. The molecule has 2 aromatic carbocycles. The van der Waals surface area contributed by atoms with Crippen molar-refractivity contribution in [3.8, 4) is 11.5 Å². The first-order valence-corrected chi connectivity index (χ1v) is 9.83. The summed E-state index contributed by atoms with van der Waals surface area (Å²) in [5.41, 5.74) is 4.92. The highest BCUT2D eigenvalue weighted by Gasteiger charge is 2.55. The largest absolute Gasteiger partial charge is 0.497 e. The summed E-state index contributed by atoms with van der Waals surface area (Å²) in [6.07, 6.45) is 5.07. The van der Waals surface area contributed by atoms with Crippen LogP contribution in [0.5, 0.6) is 11.5 Å². The van der Waals surface area contributed by atoms with E-state index in [2.05, 4.69) is 34.8 Å². The van der Waals surface area contributed by atoms with Gasteiger partial charge in [-0.3, -0.25) is 4.79 Å². The molecule has 0 radical (unpaired) electrons. The summed E-state index contributed by atoms with van der Waals surface area (Å²) in [5, 5.41) is 4.19. The van der Waals surface area contributed by atoms with Crippen molar-refractivity contribution in [2.45, 2.75) is 25.2 Å². The van der Waals surface area contributed by atoms with Gasteiger partial charge in [0.2, 0.25) is 5.91 Å². The van der Waals surface area contributed by atoms with Crippen LogP contribution in [0.4, 0.5) is 0 Å². The Hall–Kier alpha value is -2.82. The Morgan fingerprint density at radius 2 is 1.82 bits per heavy atom. The molecule has 4 rings (SSSR count). The molecule has 2 unspecified atom stereocenters. The van der Waals surface area contributed by atoms with Crippen LogP contribution in [0.25, 0.3) is 0 Å². The summed E-state index contributed by atoms with van der Waals surface area (Å²) in [7, 11) is 3.21. The van der Waals surface area contributed by atoms with Crippen LogP contribution in [0.3, 0.4) is 0 Å². The van der Waals surface area contributed by atoms with E-state index in [0.717, 1.165) is 18.4 Å². The van der Waals surface area contributed by atoms with Gasteiger partial charge in [0.1, 0.15) is 11.5 Å². The SMILES string of the molecule is COc1ccc(/C=N\NC(=O)C2[C@H]3CCC[C@@H]2C3c2ccccc2)c(OC)c1. The fraction of sp³-hybridized carbons (Fsp3) is 0.391. The first-order valence-electron chi connectivity index (χ1n) is 9.83. The van der Waals surface area contributed by atoms with Crippen LogP contribution in [0, 0.1) is 17.8 Å². The van der Waals surface area contributed by atoms with Gasteiger partial charge in [0.25, 0.3) is 0 Å². The minimum atomic E-state index is 0.0330. The predicted molar refractivity (Wildman–Crippen MR) is 109 cm³/mol. The van der Waals surface area contributed by atoms with Crippen LogP contribution in [0.1, 0.15) is 36.3 Å². The smallest absolute Gasteiger partial charge is 0.243 e. The van der Waals surface area contributed by atoms with Crippen molar-refractivity contribution in [2.75, 3.05) is 14.2 Å². The van der Waals surface area contributed by atoms with E-state index in [1.54, 1.807) is 26.5 Å². The average Bonchev–Trinajstić information content (AvgIpc) is 2.75. The van der Waals surface area contributed by atoms with Gasteiger partial charge in [-0.15, -0.1) is 0 Å². The number of hydrazone groups is 1. The number of hydrogen-bond donors (Lipinski definition) is 1. The van der Waals surface area contributed by atoms with E-state index in [-0.39, 0.29) is 11.8 Å². The lowest BCUT2D eigenvalue weighted by atomic mass is 9.48. The second kappa shape index (κ2) is 8.05. The van der Waals surface area contributed by atoms with Crippen molar-refractivity contribution in [1.82, 2.24) is 5.43 Å². The molecule has 0 aliphatic heterocycles. The Labute approximate surface area is 165 Å². The number of benzene rings is 2. The quantitative estimate of drug-likeness (QED) is 0.611. The molecule has 2 saturated carbocycles. The van der Waals surface area contributed by atoms with Gasteiger partial charge >= 0.3 is 0 Å². The Balaban J connectivity index is 1.42. The van der Waals surface area contributed by atoms with E-state index in [0.29, 0.717) is 29.3 Å². The standard InChI is InChI=1S/C23H26N2O3/c1-27-17-12-11-16(20(13-17)28-2)14-24-25-23(26)22-18-9-6-10-19(22)21(18)15-7-4-3-5-8-15/h3-5,7-8,11-14,18-19,21-22H,6,9-10H2,1-2H3,(H,25,26)/b24-14-/t18-,19+,21?,22?. The van der Waals surface area contributed by atoms with Crippen LogP contribution >= 0.6 is 0 Å². The summed E-state index contributed by atoms with van der Waals surface area (Å²) in [6, 6.07) is 16.1. The molecular formula is C23H26N2O3. The van der Waals surface area contributed by atoms with E-state index < -0.39 is 0 Å². The highest BCUT2D eigenvalue weighted by atomic mass is 16.5. The van der Waals surface area contributed by atoms with Crippen LogP contribution in [0.2, 0.25) is 0 Å². The molecule has 5 nitrogen and oxygen atoms in total. The van der Waals surface area contributed by atoms with Crippen molar-refractivity contribution < 1.29 is 14.3 Å². The van der Waals surface area contributed by atoms with E-state index in [9.17, 15) is 4.79 Å². The molecule has 2 fully saturated rings. The van der Waals surface area contributed by atoms with Crippen LogP contribution in [0.15, 0.2) is 53.6 Å². The Bertz CT molecular complexity index is 853. The second-order valence-electron chi connectivity index (χ2n) is 7.56. The highest BCUT2D eigenvalue weighted by Crippen LogP contribution is 2.59. The second-order valence-corrected chi connectivity index (χ2v) is 7.56. The maximum Gasteiger partial charge on any atom is 0.243 e. The molecule has 0 heterocycles. The van der Waals surface area contributed by atoms with Gasteiger partial charge in [0.05, 0.1) is 20.4 Å². The number of ether oxygens (including phenoxy) is 2. The Morgan fingerprint density at radius 1 is 1.07 bits per heavy atom. The maximum absolute atomic E-state index is 12.8. The van der Waals surface area contributed by atoms with E-state index in [1.165, 1.54) is 12.0 Å². The lowest BCUT2D eigenvalue weighted by Gasteiger charge is -2.55. The molecule has 2 bridgehead atoms. The normalized spacial score (nSPS) is 25.8. The zero-order valence-corrected chi connectivity index (χ0v) is 16.3. The predicted octanol–water partition coefficient (Wildman–Crippen LogP) is 3.98. The van der Waals surface area contributed by atoms with Crippen LogP contribution < -0.4 is 14.9 Å². The number of nitrogens with zero attached hydrogens (tertiary/aromatic N) is 1. The van der Waals surface area contributed by atoms with Gasteiger partial charge in [-0.1, -0.05) is 36.8 Å². The third-order valence-corrected chi connectivity index (χ3v) is 6.23. The third kappa shape index (κ3) is 3.37. The summed E-state index contributed by atoms with van der Waals surface area (Å²) in [6.45, 7) is 0. The van der Waals surface area contributed by atoms with Gasteiger partial charge < -0.3 is 9.47 Å². The lowest BCUT2D eigenvalue weighted by Crippen LogP contribution is -2.54. The molecule has 1 N–H and O–H groups in total. The van der Waals surface area contributed by atoms with Gasteiger partial charge in [-0.25, -0.2) is 5.43 Å². The zero-order chi connectivity index (χ0) is 19.5. The molecule has 4 atom stereocenters. The third-order valence-electron chi connectivity index (χ3n) is 6.23. The van der Waals surface area contributed by atoms with Gasteiger partial charge in [0, 0.05) is 17.5 Å². The summed E-state index contributed by atoms with van der Waals surface area (Å²) in [5.74, 6) is 2.82. The molecule has 146 valence electrons. The summed E-state index contributed by atoms with van der Waals surface area (Å²) in [4.78, 5) is 12.8. The lowest BCUT2D eigenvalue weighted by molar-refractivity contribution is -0.140. The summed E-state index contributed by atoms with van der Waals surface area (Å²) < 4.78 is 10.6. The summed E-state index contributed by atoms with van der Waals surface area (Å²) >= 11 is 0. The van der Waals surface area contributed by atoms with E-state index >= 15 is 0 Å². The highest BCUT2D eigenvalue weighted by molar-refractivity contribution is 5.86. The fourth-order valence-electron chi connectivity index (χ4n) is 4.97. The minimum Gasteiger partial charge on any atom is -0.497 e. The van der Waals surface area contributed by atoms with Crippen molar-refractivity contribution in [1.29, 1.82) is 0 Å². The molecule has 28 heavy (non-hydrogen) atoms. The molecule has 0 spiro atoms. The minimum absolute atomic E-state index is 0.0330. The number of nitrogens with one attached hydrogen (secondary N) is 1. The Morgan fingerprint density at radius 3 is 2.50 bits per heavy atom. The fourth-order valence-corrected chi connectivity index (χ4v) is 4.97. The van der Waals surface area contributed by atoms with E-state index in [4.69, 9.17) is 9.47 Å². The van der Waals surface area contributed by atoms with Crippen molar-refractivity contribution >= 4 is 12.1 Å². The topological polar surface area (TPSA) is 59.9 Å². The maximum atomic E-state index is 12.8. The molecular weight excluding hydrogens is 352 g/mol. The van der Waals surface area contributed by atoms with Gasteiger partial charge in [0.15, 0.2) is 0 Å². The molecule has 0 aromatic heterocycles. The molecule has 2 aliphatic carbocycles. The number of carbonyl (C=O) groups is 1. The monoisotopic (exact) mass is 378 g/mol. The average molecular weight is 378 g/mol. The van der Waals surface area contributed by atoms with Crippen molar-refractivity contribution in [3.05, 3.63) is 59.7 Å². The molecule has 0 saturated heterocycles. The van der Waals surface area contributed by atoms with Crippen LogP contribution in [-0.4, -0.2) is 26.3 Å². The molecule has 5 heteroatoms. The van der Waals surface area contributed by atoms with Crippen molar-refractivity contribution in [3.63, 3.8) is 0 Å². The number of methoxy groups -OCH3 is 2. The first-order chi connectivity index (χ1) is 13.7. The zero-order valence-electron chi connectivity index (χ0n) is 16.3. The molecule has 1 amide bonds. The number of amides is 1. The number of hydrogen-bond acceptors (Lipinski definition) is 4. The molecule has 2 aliphatic rings. The van der Waals surface area contributed by atoms with Crippen LogP contribution in [-0.2, 0) is 4.79 Å².